The van der Waals surface area contributed by atoms with E-state index in [1.807, 2.05) is 43.5 Å². The number of ether oxygens (including phenoxy) is 2. The molecule has 3 rings (SSSR count). The Labute approximate surface area is 191 Å². The highest BCUT2D eigenvalue weighted by Gasteiger charge is 2.06. The summed E-state index contributed by atoms with van der Waals surface area (Å²) in [5, 5.41) is 8.24. The highest BCUT2D eigenvalue weighted by Crippen LogP contribution is 2.21. The number of carbonyl (C=O) groups is 2. The van der Waals surface area contributed by atoms with Gasteiger partial charge in [0.2, 0.25) is 11.8 Å². The van der Waals surface area contributed by atoms with Crippen molar-refractivity contribution in [3.63, 3.8) is 0 Å². The molecule has 0 unspecified atom stereocenters. The van der Waals surface area contributed by atoms with E-state index in [0.717, 1.165) is 22.0 Å². The summed E-state index contributed by atoms with van der Waals surface area (Å²) in [7, 11) is 0. The number of nitrogens with one attached hydrogen (secondary N) is 2. The normalized spacial score (nSPS) is 10.7. The van der Waals surface area contributed by atoms with Crippen LogP contribution in [0.4, 0.5) is 5.69 Å². The molecule has 2 N–H and O–H groups in total. The van der Waals surface area contributed by atoms with Crippen molar-refractivity contribution in [1.29, 1.82) is 0 Å². The summed E-state index contributed by atoms with van der Waals surface area (Å²) >= 11 is 1.57. The second-order valence-corrected chi connectivity index (χ2v) is 7.80. The van der Waals surface area contributed by atoms with Crippen LogP contribution in [-0.2, 0) is 16.2 Å². The van der Waals surface area contributed by atoms with Gasteiger partial charge in [-0.1, -0.05) is 18.2 Å². The van der Waals surface area contributed by atoms with Crippen molar-refractivity contribution in [3.05, 3.63) is 76.3 Å². The monoisotopic (exact) mass is 451 g/mol. The van der Waals surface area contributed by atoms with E-state index < -0.39 is 0 Å². The Bertz CT molecular complexity index is 1080. The van der Waals surface area contributed by atoms with Crippen molar-refractivity contribution in [2.24, 2.45) is 0 Å². The molecule has 0 bridgehead atoms. The lowest BCUT2D eigenvalue weighted by atomic mass is 10.2. The quantitative estimate of drug-likeness (QED) is 0.451. The van der Waals surface area contributed by atoms with Crippen molar-refractivity contribution in [1.82, 2.24) is 10.3 Å². The first-order valence-electron chi connectivity index (χ1n) is 10.1. The first kappa shape index (κ1) is 23.0. The van der Waals surface area contributed by atoms with Crippen molar-refractivity contribution in [3.8, 4) is 11.5 Å². The number of rotatable bonds is 10. The first-order chi connectivity index (χ1) is 15.5. The van der Waals surface area contributed by atoms with Crippen molar-refractivity contribution >= 4 is 34.9 Å². The molecule has 2 aromatic carbocycles. The van der Waals surface area contributed by atoms with E-state index in [9.17, 15) is 9.59 Å². The molecule has 0 fully saturated rings. The third kappa shape index (κ3) is 7.24. The SMILES string of the molecule is CCOc1ccc(NC(=O)CNC(=O)/C=C/c2ccccc2OCc2csc(C)n2)cc1. The smallest absolute Gasteiger partial charge is 0.244 e. The summed E-state index contributed by atoms with van der Waals surface area (Å²) in [6.45, 7) is 4.64. The summed E-state index contributed by atoms with van der Waals surface area (Å²) in [6, 6.07) is 14.4. The van der Waals surface area contributed by atoms with Crippen LogP contribution in [0, 0.1) is 6.92 Å². The van der Waals surface area contributed by atoms with E-state index in [1.165, 1.54) is 6.08 Å². The van der Waals surface area contributed by atoms with Gasteiger partial charge in [-0.2, -0.15) is 0 Å². The van der Waals surface area contributed by atoms with Crippen molar-refractivity contribution in [2.45, 2.75) is 20.5 Å². The maximum atomic E-state index is 12.1. The summed E-state index contributed by atoms with van der Waals surface area (Å²) in [6.07, 6.45) is 3.03. The number of amides is 2. The lowest BCUT2D eigenvalue weighted by Gasteiger charge is -2.08. The molecule has 7 nitrogen and oxygen atoms in total. The van der Waals surface area contributed by atoms with Crippen LogP contribution in [0.25, 0.3) is 6.08 Å². The number of hydrogen-bond acceptors (Lipinski definition) is 6. The molecule has 0 aliphatic heterocycles. The third-order valence-electron chi connectivity index (χ3n) is 4.25. The van der Waals surface area contributed by atoms with Crippen LogP contribution in [0.1, 0.15) is 23.2 Å². The number of hydrogen-bond donors (Lipinski definition) is 2. The van der Waals surface area contributed by atoms with E-state index in [2.05, 4.69) is 15.6 Å². The number of anilines is 1. The summed E-state index contributed by atoms with van der Waals surface area (Å²) in [5.74, 6) is 0.681. The predicted octanol–water partition coefficient (Wildman–Crippen LogP) is 4.20. The van der Waals surface area contributed by atoms with E-state index in [4.69, 9.17) is 9.47 Å². The lowest BCUT2D eigenvalue weighted by molar-refractivity contribution is -0.121. The largest absolute Gasteiger partial charge is 0.494 e. The van der Waals surface area contributed by atoms with Gasteiger partial charge in [0.05, 0.1) is 23.9 Å². The number of para-hydroxylation sites is 1. The maximum Gasteiger partial charge on any atom is 0.244 e. The molecule has 0 aliphatic carbocycles. The van der Waals surface area contributed by atoms with Crippen LogP contribution in [-0.4, -0.2) is 29.9 Å². The third-order valence-corrected chi connectivity index (χ3v) is 5.07. The number of thiazole rings is 1. The van der Waals surface area contributed by atoms with Crippen LogP contribution < -0.4 is 20.1 Å². The molecule has 1 heterocycles. The molecule has 3 aromatic rings. The zero-order chi connectivity index (χ0) is 22.8. The molecule has 1 aromatic heterocycles. The van der Waals surface area contributed by atoms with E-state index in [-0.39, 0.29) is 18.4 Å². The van der Waals surface area contributed by atoms with Gasteiger partial charge in [-0.05, 0) is 50.3 Å². The highest BCUT2D eigenvalue weighted by atomic mass is 32.1. The molecule has 0 radical (unpaired) electrons. The topological polar surface area (TPSA) is 89.6 Å². The van der Waals surface area contributed by atoms with Crippen molar-refractivity contribution < 1.29 is 19.1 Å². The van der Waals surface area contributed by atoms with Gasteiger partial charge in [-0.25, -0.2) is 4.98 Å². The van der Waals surface area contributed by atoms with Crippen LogP contribution in [0.5, 0.6) is 11.5 Å². The van der Waals surface area contributed by atoms with Gasteiger partial charge in [0.25, 0.3) is 0 Å². The minimum Gasteiger partial charge on any atom is -0.494 e. The summed E-state index contributed by atoms with van der Waals surface area (Å²) in [5.41, 5.74) is 2.25. The van der Waals surface area contributed by atoms with Gasteiger partial charge in [0.1, 0.15) is 18.1 Å². The number of aryl methyl sites for hydroxylation is 1. The van der Waals surface area contributed by atoms with E-state index >= 15 is 0 Å². The molecule has 0 saturated carbocycles. The first-order valence-corrected chi connectivity index (χ1v) is 11.0. The number of nitrogens with zero attached hydrogens (tertiary/aromatic N) is 1. The molecular formula is C24H25N3O4S. The summed E-state index contributed by atoms with van der Waals surface area (Å²) < 4.78 is 11.2. The zero-order valence-electron chi connectivity index (χ0n) is 18.0. The van der Waals surface area contributed by atoms with Crippen LogP contribution in [0.2, 0.25) is 0 Å². The van der Waals surface area contributed by atoms with Crippen molar-refractivity contribution in [2.75, 3.05) is 18.5 Å². The summed E-state index contributed by atoms with van der Waals surface area (Å²) in [4.78, 5) is 28.6. The molecule has 2 amide bonds. The fourth-order valence-electron chi connectivity index (χ4n) is 2.77. The van der Waals surface area contributed by atoms with Gasteiger partial charge in [0, 0.05) is 22.7 Å². The Balaban J connectivity index is 1.48. The van der Waals surface area contributed by atoms with Crippen LogP contribution >= 0.6 is 11.3 Å². The van der Waals surface area contributed by atoms with E-state index in [0.29, 0.717) is 24.7 Å². The highest BCUT2D eigenvalue weighted by molar-refractivity contribution is 7.09. The van der Waals surface area contributed by atoms with E-state index in [1.54, 1.807) is 41.7 Å². The molecule has 166 valence electrons. The predicted molar refractivity (Wildman–Crippen MR) is 126 cm³/mol. The molecule has 0 saturated heterocycles. The minimum atomic E-state index is -0.378. The Hall–Kier alpha value is -3.65. The fourth-order valence-corrected chi connectivity index (χ4v) is 3.37. The van der Waals surface area contributed by atoms with Gasteiger partial charge < -0.3 is 20.1 Å². The van der Waals surface area contributed by atoms with Gasteiger partial charge >= 0.3 is 0 Å². The molecule has 0 aliphatic rings. The molecule has 0 spiro atoms. The average Bonchev–Trinajstić information content (AvgIpc) is 3.22. The van der Waals surface area contributed by atoms with Gasteiger partial charge in [0.15, 0.2) is 0 Å². The second kappa shape index (κ2) is 11.7. The number of carbonyl (C=O) groups excluding carboxylic acids is 2. The number of benzene rings is 2. The molecule has 0 atom stereocenters. The van der Waals surface area contributed by atoms with Crippen LogP contribution in [0.3, 0.4) is 0 Å². The lowest BCUT2D eigenvalue weighted by Crippen LogP contribution is -2.31. The molecule has 8 heteroatoms. The Kier molecular flexibility index (Phi) is 8.39. The molecular weight excluding hydrogens is 426 g/mol. The van der Waals surface area contributed by atoms with Gasteiger partial charge in [-0.15, -0.1) is 11.3 Å². The second-order valence-electron chi connectivity index (χ2n) is 6.74. The maximum absolute atomic E-state index is 12.1. The number of aromatic nitrogens is 1. The Morgan fingerprint density at radius 3 is 2.59 bits per heavy atom. The Morgan fingerprint density at radius 2 is 1.88 bits per heavy atom. The van der Waals surface area contributed by atoms with Gasteiger partial charge in [-0.3, -0.25) is 9.59 Å². The van der Waals surface area contributed by atoms with Crippen LogP contribution in [0.15, 0.2) is 60.0 Å². The zero-order valence-corrected chi connectivity index (χ0v) is 18.8. The standard InChI is InChI=1S/C24H25N3O4S/c1-3-30-21-11-9-19(10-12-21)27-24(29)14-25-23(28)13-8-18-6-4-5-7-22(18)31-15-20-16-32-17(2)26-20/h4-13,16H,3,14-15H2,1-2H3,(H,25,28)(H,27,29)/b13-8+. The minimum absolute atomic E-state index is 0.141. The average molecular weight is 452 g/mol. The fraction of sp³-hybridized carbons (Fsp3) is 0.208. The molecule has 32 heavy (non-hydrogen) atoms. The Morgan fingerprint density at radius 1 is 1.09 bits per heavy atom.